The summed E-state index contributed by atoms with van der Waals surface area (Å²) in [5.74, 6) is 2.63. The standard InChI is InChI=1S/C27H42N8O/c1-4-33(21-11-7-10-19(2)18-21)17-9-16-28-25(36)15-8-14-24-30-31-27-34(24)23-13-6-5-12-22(23)26-29-20(3)32-35(26)27/h7,10-11,18,20,22-23,26,29,32H,4-6,8-9,12-17H2,1-3H3,(H,28,36). The summed E-state index contributed by atoms with van der Waals surface area (Å²) in [4.78, 5) is 14.9. The second kappa shape index (κ2) is 11.2. The molecule has 9 heteroatoms. The van der Waals surface area contributed by atoms with E-state index in [9.17, 15) is 4.79 Å². The number of hydrazine groups is 1. The third-order valence-electron chi connectivity index (χ3n) is 7.99. The van der Waals surface area contributed by atoms with Gasteiger partial charge in [0.05, 0.1) is 6.17 Å². The van der Waals surface area contributed by atoms with E-state index in [-0.39, 0.29) is 18.2 Å². The van der Waals surface area contributed by atoms with E-state index in [2.05, 4.69) is 85.8 Å². The molecule has 196 valence electrons. The molecule has 2 fully saturated rings. The first-order valence-corrected chi connectivity index (χ1v) is 13.9. The lowest BCUT2D eigenvalue weighted by Gasteiger charge is -2.44. The summed E-state index contributed by atoms with van der Waals surface area (Å²) in [7, 11) is 0. The summed E-state index contributed by atoms with van der Waals surface area (Å²) in [5.41, 5.74) is 6.04. The van der Waals surface area contributed by atoms with Gasteiger partial charge in [0.25, 0.3) is 0 Å². The Kier molecular flexibility index (Phi) is 7.76. The number of carbonyl (C=O) groups is 1. The van der Waals surface area contributed by atoms with Crippen molar-refractivity contribution in [1.82, 2.24) is 30.8 Å². The largest absolute Gasteiger partial charge is 0.372 e. The Balaban J connectivity index is 1.10. The highest BCUT2D eigenvalue weighted by atomic mass is 16.1. The molecule has 4 atom stereocenters. The van der Waals surface area contributed by atoms with Gasteiger partial charge in [-0.1, -0.05) is 25.0 Å². The molecular formula is C27H42N8O. The fraction of sp³-hybridized carbons (Fsp3) is 0.667. The molecule has 0 bridgehead atoms. The highest BCUT2D eigenvalue weighted by molar-refractivity contribution is 5.75. The Morgan fingerprint density at radius 3 is 2.92 bits per heavy atom. The molecule has 3 aliphatic rings. The Morgan fingerprint density at radius 2 is 2.08 bits per heavy atom. The molecule has 1 saturated heterocycles. The highest BCUT2D eigenvalue weighted by Gasteiger charge is 2.47. The van der Waals surface area contributed by atoms with Gasteiger partial charge in [-0.3, -0.25) is 19.7 Å². The number of hydrogen-bond donors (Lipinski definition) is 3. The normalized spacial score (nSPS) is 24.7. The molecular weight excluding hydrogens is 452 g/mol. The van der Waals surface area contributed by atoms with Crippen LogP contribution in [0, 0.1) is 12.8 Å². The van der Waals surface area contributed by atoms with Crippen LogP contribution in [0.2, 0.25) is 0 Å². The van der Waals surface area contributed by atoms with Gasteiger partial charge in [-0.2, -0.15) is 0 Å². The number of aromatic nitrogens is 3. The molecule has 2 aliphatic heterocycles. The average molecular weight is 495 g/mol. The van der Waals surface area contributed by atoms with Gasteiger partial charge in [0.1, 0.15) is 12.0 Å². The van der Waals surface area contributed by atoms with E-state index >= 15 is 0 Å². The number of nitrogens with one attached hydrogen (secondary N) is 3. The van der Waals surface area contributed by atoms with Crippen LogP contribution in [0.4, 0.5) is 11.6 Å². The van der Waals surface area contributed by atoms with Crippen LogP contribution in [0.3, 0.4) is 0 Å². The summed E-state index contributed by atoms with van der Waals surface area (Å²) >= 11 is 0. The number of amides is 1. The quantitative estimate of drug-likeness (QED) is 0.437. The number of hydrogen-bond acceptors (Lipinski definition) is 7. The minimum Gasteiger partial charge on any atom is -0.372 e. The number of carbonyl (C=O) groups excluding carboxylic acids is 1. The van der Waals surface area contributed by atoms with Crippen LogP contribution >= 0.6 is 0 Å². The van der Waals surface area contributed by atoms with Crippen molar-refractivity contribution in [2.75, 3.05) is 29.5 Å². The maximum atomic E-state index is 12.5. The Hall–Kier alpha value is -2.65. The van der Waals surface area contributed by atoms with Crippen LogP contribution in [0.5, 0.6) is 0 Å². The summed E-state index contributed by atoms with van der Waals surface area (Å²) in [6.45, 7) is 9.06. The van der Waals surface area contributed by atoms with Crippen molar-refractivity contribution in [2.45, 2.75) is 90.5 Å². The highest BCUT2D eigenvalue weighted by Crippen LogP contribution is 2.44. The average Bonchev–Trinajstić information content (AvgIpc) is 3.48. The van der Waals surface area contributed by atoms with E-state index in [4.69, 9.17) is 0 Å². The van der Waals surface area contributed by atoms with E-state index in [1.54, 1.807) is 0 Å². The van der Waals surface area contributed by atoms with Gasteiger partial charge in [-0.25, -0.2) is 5.43 Å². The second-order valence-electron chi connectivity index (χ2n) is 10.6. The molecule has 0 radical (unpaired) electrons. The third-order valence-corrected chi connectivity index (χ3v) is 7.99. The van der Waals surface area contributed by atoms with Gasteiger partial charge in [-0.15, -0.1) is 10.2 Å². The fourth-order valence-corrected chi connectivity index (χ4v) is 6.26. The number of anilines is 2. The number of nitrogens with zero attached hydrogens (tertiary/aromatic N) is 5. The summed E-state index contributed by atoms with van der Waals surface area (Å²) in [6.07, 6.45) is 8.50. The predicted molar refractivity (Wildman–Crippen MR) is 143 cm³/mol. The van der Waals surface area contributed by atoms with Crippen LogP contribution in [-0.2, 0) is 11.2 Å². The predicted octanol–water partition coefficient (Wildman–Crippen LogP) is 3.27. The van der Waals surface area contributed by atoms with Crippen LogP contribution in [0.25, 0.3) is 0 Å². The van der Waals surface area contributed by atoms with Gasteiger partial charge in [0, 0.05) is 50.1 Å². The fourth-order valence-electron chi connectivity index (χ4n) is 6.26. The minimum atomic E-state index is 0.127. The van der Waals surface area contributed by atoms with Crippen molar-refractivity contribution in [2.24, 2.45) is 5.92 Å². The lowest BCUT2D eigenvalue weighted by molar-refractivity contribution is -0.121. The molecule has 0 spiro atoms. The first-order valence-electron chi connectivity index (χ1n) is 13.9. The van der Waals surface area contributed by atoms with Gasteiger partial charge in [0.15, 0.2) is 0 Å². The molecule has 1 saturated carbocycles. The van der Waals surface area contributed by atoms with E-state index in [1.165, 1.54) is 36.9 Å². The number of aryl methyl sites for hydroxylation is 2. The zero-order chi connectivity index (χ0) is 25.1. The molecule has 9 nitrogen and oxygen atoms in total. The zero-order valence-electron chi connectivity index (χ0n) is 22.0. The molecule has 2 aromatic rings. The van der Waals surface area contributed by atoms with E-state index in [0.717, 1.165) is 44.1 Å². The Bertz CT molecular complexity index is 1040. The van der Waals surface area contributed by atoms with Gasteiger partial charge >= 0.3 is 0 Å². The van der Waals surface area contributed by atoms with Crippen molar-refractivity contribution in [3.63, 3.8) is 0 Å². The molecule has 36 heavy (non-hydrogen) atoms. The lowest BCUT2D eigenvalue weighted by Crippen LogP contribution is -2.53. The Labute approximate surface area is 215 Å². The van der Waals surface area contributed by atoms with E-state index < -0.39 is 0 Å². The summed E-state index contributed by atoms with van der Waals surface area (Å²) < 4.78 is 2.37. The number of benzene rings is 1. The molecule has 5 rings (SSSR count). The molecule has 3 heterocycles. The molecule has 1 aromatic heterocycles. The molecule has 1 aromatic carbocycles. The maximum absolute atomic E-state index is 12.5. The Morgan fingerprint density at radius 1 is 1.22 bits per heavy atom. The van der Waals surface area contributed by atoms with Gasteiger partial charge in [-0.05, 0) is 64.2 Å². The second-order valence-corrected chi connectivity index (χ2v) is 10.6. The van der Waals surface area contributed by atoms with Crippen LogP contribution in [-0.4, -0.2) is 52.6 Å². The first-order chi connectivity index (χ1) is 17.5. The lowest BCUT2D eigenvalue weighted by atomic mass is 9.81. The molecule has 3 N–H and O–H groups in total. The monoisotopic (exact) mass is 494 g/mol. The molecule has 1 amide bonds. The summed E-state index contributed by atoms with van der Waals surface area (Å²) in [6, 6.07) is 9.05. The van der Waals surface area contributed by atoms with Crippen molar-refractivity contribution in [1.29, 1.82) is 0 Å². The van der Waals surface area contributed by atoms with Crippen LogP contribution < -0.4 is 26.0 Å². The van der Waals surface area contributed by atoms with Crippen LogP contribution in [0.15, 0.2) is 24.3 Å². The van der Waals surface area contributed by atoms with E-state index in [1.807, 2.05) is 0 Å². The SMILES string of the molecule is CCN(CCCNC(=O)CCCc1nnc2n1C1CCCCC1C1NC(C)NN21)c1cccc(C)c1. The topological polar surface area (TPSA) is 90.3 Å². The van der Waals surface area contributed by atoms with Crippen molar-refractivity contribution in [3.05, 3.63) is 35.7 Å². The van der Waals surface area contributed by atoms with E-state index in [0.29, 0.717) is 24.9 Å². The van der Waals surface area contributed by atoms with Crippen molar-refractivity contribution >= 4 is 17.5 Å². The summed E-state index contributed by atoms with van der Waals surface area (Å²) in [5, 5.41) is 18.1. The van der Waals surface area contributed by atoms with Crippen molar-refractivity contribution < 1.29 is 4.79 Å². The van der Waals surface area contributed by atoms with Gasteiger partial charge < -0.3 is 10.2 Å². The smallest absolute Gasteiger partial charge is 0.243 e. The van der Waals surface area contributed by atoms with Gasteiger partial charge in [0.2, 0.25) is 11.9 Å². The molecule has 1 aliphatic carbocycles. The minimum absolute atomic E-state index is 0.127. The van der Waals surface area contributed by atoms with Crippen molar-refractivity contribution in [3.8, 4) is 0 Å². The first kappa shape index (κ1) is 25.0. The third kappa shape index (κ3) is 5.22. The number of fused-ring (bicyclic) bond motifs is 6. The zero-order valence-corrected chi connectivity index (χ0v) is 22.0. The number of rotatable bonds is 10. The van der Waals surface area contributed by atoms with Crippen LogP contribution in [0.1, 0.15) is 76.2 Å². The maximum Gasteiger partial charge on any atom is 0.243 e. The molecule has 4 unspecified atom stereocenters.